The number of para-hydroxylation sites is 2. The van der Waals surface area contributed by atoms with Crippen LogP contribution in [0.1, 0.15) is 35.7 Å². The molecular formula is C26H24FN3O2S. The molecule has 0 saturated carbocycles. The van der Waals surface area contributed by atoms with Crippen LogP contribution in [-0.4, -0.2) is 18.2 Å². The van der Waals surface area contributed by atoms with Crippen LogP contribution in [0.2, 0.25) is 0 Å². The highest BCUT2D eigenvalue weighted by molar-refractivity contribution is 7.10. The van der Waals surface area contributed by atoms with E-state index in [1.165, 1.54) is 12.1 Å². The van der Waals surface area contributed by atoms with Gasteiger partial charge in [0, 0.05) is 29.1 Å². The van der Waals surface area contributed by atoms with E-state index in [2.05, 4.69) is 10.6 Å². The molecule has 2 heterocycles. The van der Waals surface area contributed by atoms with E-state index < -0.39 is 0 Å². The van der Waals surface area contributed by atoms with Gasteiger partial charge in [0.15, 0.2) is 5.78 Å². The number of fused-ring (bicyclic) bond motifs is 1. The lowest BCUT2D eigenvalue weighted by Gasteiger charge is -2.34. The number of thiophene rings is 1. The summed E-state index contributed by atoms with van der Waals surface area (Å²) in [4.78, 5) is 29.3. The Balaban J connectivity index is 1.50. The van der Waals surface area contributed by atoms with Crippen LogP contribution in [0.25, 0.3) is 0 Å². The molecule has 0 spiro atoms. The number of benzene rings is 2. The van der Waals surface area contributed by atoms with Crippen molar-refractivity contribution in [1.82, 2.24) is 5.32 Å². The number of Topliss-reactive ketones (excluding diaryl/α,β-unsaturated/α-hetero) is 1. The minimum absolute atomic E-state index is 0.0701. The molecule has 0 bridgehead atoms. The minimum Gasteiger partial charge on any atom is -0.357 e. The van der Waals surface area contributed by atoms with Crippen LogP contribution in [0.4, 0.5) is 15.8 Å². The smallest absolute Gasteiger partial charge is 0.239 e. The Labute approximate surface area is 195 Å². The van der Waals surface area contributed by atoms with E-state index in [1.54, 1.807) is 23.5 Å². The fourth-order valence-electron chi connectivity index (χ4n) is 4.58. The van der Waals surface area contributed by atoms with E-state index in [0.29, 0.717) is 12.0 Å². The van der Waals surface area contributed by atoms with E-state index in [1.807, 2.05) is 46.7 Å². The van der Waals surface area contributed by atoms with E-state index in [9.17, 15) is 14.0 Å². The van der Waals surface area contributed by atoms with Gasteiger partial charge in [-0.05, 0) is 54.1 Å². The first-order valence-electron chi connectivity index (χ1n) is 11.0. The fraction of sp³-hybridized carbons (Fsp3) is 0.231. The predicted octanol–water partition coefficient (Wildman–Crippen LogP) is 5.18. The molecule has 0 unspecified atom stereocenters. The highest BCUT2D eigenvalue weighted by Gasteiger charge is 2.37. The van der Waals surface area contributed by atoms with E-state index >= 15 is 0 Å². The summed E-state index contributed by atoms with van der Waals surface area (Å²) in [6.45, 7) is 0.307. The molecule has 5 nitrogen and oxygen atoms in total. The van der Waals surface area contributed by atoms with Crippen molar-refractivity contribution in [2.75, 3.05) is 16.8 Å². The van der Waals surface area contributed by atoms with Crippen molar-refractivity contribution in [3.8, 4) is 0 Å². The lowest BCUT2D eigenvalue weighted by Crippen LogP contribution is -2.40. The van der Waals surface area contributed by atoms with E-state index in [4.69, 9.17) is 0 Å². The van der Waals surface area contributed by atoms with Gasteiger partial charge in [-0.3, -0.25) is 9.59 Å². The van der Waals surface area contributed by atoms with Crippen molar-refractivity contribution in [2.24, 2.45) is 0 Å². The van der Waals surface area contributed by atoms with Crippen molar-refractivity contribution in [2.45, 2.75) is 31.8 Å². The first-order chi connectivity index (χ1) is 16.1. The van der Waals surface area contributed by atoms with Crippen molar-refractivity contribution in [1.29, 1.82) is 0 Å². The summed E-state index contributed by atoms with van der Waals surface area (Å²) in [6.07, 6.45) is 2.13. The number of nitrogens with zero attached hydrogens (tertiary/aromatic N) is 1. The number of halogens is 1. The average molecular weight is 462 g/mol. The van der Waals surface area contributed by atoms with Gasteiger partial charge < -0.3 is 15.5 Å². The fourth-order valence-corrected chi connectivity index (χ4v) is 5.42. The summed E-state index contributed by atoms with van der Waals surface area (Å²) >= 11 is 1.58. The molecule has 168 valence electrons. The first-order valence-corrected chi connectivity index (χ1v) is 11.9. The van der Waals surface area contributed by atoms with Gasteiger partial charge in [0.1, 0.15) is 5.82 Å². The number of hydrogen-bond donors (Lipinski definition) is 2. The lowest BCUT2D eigenvalue weighted by molar-refractivity contribution is -0.120. The monoisotopic (exact) mass is 461 g/mol. The number of amides is 1. The lowest BCUT2D eigenvalue weighted by atomic mass is 9.88. The summed E-state index contributed by atoms with van der Waals surface area (Å²) in [5.41, 5.74) is 4.15. The maximum absolute atomic E-state index is 13.5. The van der Waals surface area contributed by atoms with E-state index in [0.717, 1.165) is 40.4 Å². The topological polar surface area (TPSA) is 61.4 Å². The largest absolute Gasteiger partial charge is 0.357 e. The second kappa shape index (κ2) is 9.19. The zero-order chi connectivity index (χ0) is 22.8. The van der Waals surface area contributed by atoms with Crippen molar-refractivity contribution in [3.05, 3.63) is 93.6 Å². The number of nitrogens with one attached hydrogen (secondary N) is 2. The maximum atomic E-state index is 13.5. The molecule has 3 aromatic rings. The quantitative estimate of drug-likeness (QED) is 0.549. The highest BCUT2D eigenvalue weighted by atomic mass is 32.1. The Morgan fingerprint density at radius 3 is 2.82 bits per heavy atom. The SMILES string of the molecule is O=C(CN1c2ccccc2NC2=C(C(=O)CCC2)[C@H]1c1cccs1)NCc1cccc(F)c1. The number of hydrogen-bond acceptors (Lipinski definition) is 5. The molecule has 1 aliphatic heterocycles. The van der Waals surface area contributed by atoms with Crippen LogP contribution in [0.3, 0.4) is 0 Å². The normalized spacial score (nSPS) is 17.7. The molecule has 33 heavy (non-hydrogen) atoms. The Bertz CT molecular complexity index is 1220. The van der Waals surface area contributed by atoms with Gasteiger partial charge in [-0.25, -0.2) is 4.39 Å². The Morgan fingerprint density at radius 1 is 1.12 bits per heavy atom. The molecule has 7 heteroatoms. The summed E-state index contributed by atoms with van der Waals surface area (Å²) in [5.74, 6) is -0.398. The van der Waals surface area contributed by atoms with Crippen molar-refractivity contribution >= 4 is 34.4 Å². The van der Waals surface area contributed by atoms with Crippen molar-refractivity contribution < 1.29 is 14.0 Å². The molecule has 2 aromatic carbocycles. The molecule has 1 amide bonds. The third kappa shape index (κ3) is 4.41. The number of anilines is 2. The predicted molar refractivity (Wildman–Crippen MR) is 129 cm³/mol. The van der Waals surface area contributed by atoms with Crippen LogP contribution < -0.4 is 15.5 Å². The first kappa shape index (κ1) is 21.4. The van der Waals surface area contributed by atoms with Gasteiger partial charge in [-0.1, -0.05) is 30.3 Å². The molecule has 1 aliphatic carbocycles. The number of allylic oxidation sites excluding steroid dienone is 1. The van der Waals surface area contributed by atoms with Gasteiger partial charge in [0.2, 0.25) is 5.91 Å². The van der Waals surface area contributed by atoms with Crippen LogP contribution in [0.5, 0.6) is 0 Å². The molecule has 5 rings (SSSR count). The summed E-state index contributed by atoms with van der Waals surface area (Å²) in [7, 11) is 0. The van der Waals surface area contributed by atoms with Gasteiger partial charge in [-0.2, -0.15) is 0 Å². The van der Waals surface area contributed by atoms with Crippen molar-refractivity contribution in [3.63, 3.8) is 0 Å². The van der Waals surface area contributed by atoms with Crippen LogP contribution >= 0.6 is 11.3 Å². The molecule has 1 aromatic heterocycles. The summed E-state index contributed by atoms with van der Waals surface area (Å²) in [6, 6.07) is 17.7. The Hall–Kier alpha value is -3.45. The van der Waals surface area contributed by atoms with Crippen LogP contribution in [-0.2, 0) is 16.1 Å². The number of carbonyl (C=O) groups excluding carboxylic acids is 2. The van der Waals surface area contributed by atoms with E-state index in [-0.39, 0.29) is 36.6 Å². The zero-order valence-corrected chi connectivity index (χ0v) is 18.8. The average Bonchev–Trinajstić information content (AvgIpc) is 3.29. The minimum atomic E-state index is -0.344. The zero-order valence-electron chi connectivity index (χ0n) is 18.0. The van der Waals surface area contributed by atoms with Gasteiger partial charge >= 0.3 is 0 Å². The number of ketones is 1. The van der Waals surface area contributed by atoms with Crippen LogP contribution in [0.15, 0.2) is 77.3 Å². The second-order valence-electron chi connectivity index (χ2n) is 8.26. The Morgan fingerprint density at radius 2 is 2.00 bits per heavy atom. The molecule has 1 atom stereocenters. The standard InChI is InChI=1S/C26H24FN3O2S/c27-18-7-3-6-17(14-18)15-28-24(32)16-30-21-10-2-1-8-19(21)29-20-9-4-11-22(31)25(20)26(30)23-12-5-13-33-23/h1-3,5-8,10,12-14,26,29H,4,9,11,15-16H2,(H,28,32)/t26-/m1/s1. The molecule has 0 fully saturated rings. The van der Waals surface area contributed by atoms with Gasteiger partial charge in [-0.15, -0.1) is 11.3 Å². The van der Waals surface area contributed by atoms with Gasteiger partial charge in [0.25, 0.3) is 0 Å². The third-order valence-corrected chi connectivity index (χ3v) is 6.97. The Kier molecular flexibility index (Phi) is 5.96. The number of rotatable bonds is 5. The van der Waals surface area contributed by atoms with Gasteiger partial charge in [0.05, 0.1) is 24.0 Å². The number of carbonyl (C=O) groups is 2. The molecule has 0 radical (unpaired) electrons. The summed E-state index contributed by atoms with van der Waals surface area (Å²) in [5, 5.41) is 8.40. The molecular weight excluding hydrogens is 437 g/mol. The molecule has 2 N–H and O–H groups in total. The molecule has 0 saturated heterocycles. The van der Waals surface area contributed by atoms with Crippen LogP contribution in [0, 0.1) is 5.82 Å². The second-order valence-corrected chi connectivity index (χ2v) is 9.24. The summed E-state index contributed by atoms with van der Waals surface area (Å²) < 4.78 is 13.5. The maximum Gasteiger partial charge on any atom is 0.239 e. The highest BCUT2D eigenvalue weighted by Crippen LogP contribution is 2.45. The molecule has 2 aliphatic rings. The third-order valence-electron chi connectivity index (χ3n) is 6.05.